The molecule has 21 heavy (non-hydrogen) atoms. The number of rotatable bonds is 5. The Labute approximate surface area is 127 Å². The van der Waals surface area contributed by atoms with Crippen molar-refractivity contribution in [1.29, 1.82) is 0 Å². The average molecular weight is 290 g/mol. The molecule has 1 saturated heterocycles. The molecule has 0 saturated carbocycles. The standard InChI is InChI=1S/C17H26N2O2/c1-13(7-6-12-20)18-17(21)19-11-10-16(14(19)2)15-8-4-3-5-9-15/h3-5,8-9,13-14,16,20H,6-7,10-12H2,1-2H3,(H,18,21). The second-order valence-electron chi connectivity index (χ2n) is 5.96. The van der Waals surface area contributed by atoms with Crippen molar-refractivity contribution in [3.05, 3.63) is 35.9 Å². The third-order valence-corrected chi connectivity index (χ3v) is 4.41. The molecular weight excluding hydrogens is 264 g/mol. The highest BCUT2D eigenvalue weighted by Gasteiger charge is 2.34. The van der Waals surface area contributed by atoms with Crippen LogP contribution in [0.25, 0.3) is 0 Å². The van der Waals surface area contributed by atoms with Crippen molar-refractivity contribution < 1.29 is 9.90 Å². The second kappa shape index (κ2) is 7.46. The molecule has 1 fully saturated rings. The second-order valence-corrected chi connectivity index (χ2v) is 5.96. The molecule has 116 valence electrons. The Kier molecular flexibility index (Phi) is 5.62. The summed E-state index contributed by atoms with van der Waals surface area (Å²) in [6.45, 7) is 5.10. The van der Waals surface area contributed by atoms with Gasteiger partial charge in [-0.1, -0.05) is 30.3 Å². The maximum absolute atomic E-state index is 12.4. The van der Waals surface area contributed by atoms with Crippen LogP contribution in [0.15, 0.2) is 30.3 Å². The number of amides is 2. The number of nitrogens with one attached hydrogen (secondary N) is 1. The monoisotopic (exact) mass is 290 g/mol. The van der Waals surface area contributed by atoms with E-state index in [-0.39, 0.29) is 24.7 Å². The number of hydrogen-bond donors (Lipinski definition) is 2. The van der Waals surface area contributed by atoms with Gasteiger partial charge in [0.05, 0.1) is 0 Å². The van der Waals surface area contributed by atoms with Gasteiger partial charge in [0.2, 0.25) is 0 Å². The van der Waals surface area contributed by atoms with Crippen molar-refractivity contribution in [1.82, 2.24) is 10.2 Å². The van der Waals surface area contributed by atoms with Crippen LogP contribution in [-0.4, -0.2) is 41.3 Å². The number of nitrogens with zero attached hydrogens (tertiary/aromatic N) is 1. The number of carbonyl (C=O) groups is 1. The summed E-state index contributed by atoms with van der Waals surface area (Å²) in [5.41, 5.74) is 1.31. The molecule has 0 spiro atoms. The third kappa shape index (κ3) is 3.97. The summed E-state index contributed by atoms with van der Waals surface area (Å²) in [5, 5.41) is 11.9. The number of carbonyl (C=O) groups excluding carboxylic acids is 1. The summed E-state index contributed by atoms with van der Waals surface area (Å²) in [5.74, 6) is 0.421. The van der Waals surface area contributed by atoms with E-state index >= 15 is 0 Å². The van der Waals surface area contributed by atoms with E-state index in [1.807, 2.05) is 17.9 Å². The molecule has 2 rings (SSSR count). The first-order chi connectivity index (χ1) is 10.1. The van der Waals surface area contributed by atoms with E-state index in [1.54, 1.807) is 0 Å². The van der Waals surface area contributed by atoms with Gasteiger partial charge in [0.15, 0.2) is 0 Å². The van der Waals surface area contributed by atoms with Crippen LogP contribution in [0.5, 0.6) is 0 Å². The van der Waals surface area contributed by atoms with E-state index in [2.05, 4.69) is 36.5 Å². The van der Waals surface area contributed by atoms with Gasteiger partial charge in [-0.25, -0.2) is 4.79 Å². The molecule has 1 aliphatic rings. The van der Waals surface area contributed by atoms with Crippen LogP contribution < -0.4 is 5.32 Å². The molecule has 0 aromatic heterocycles. The zero-order valence-corrected chi connectivity index (χ0v) is 13.0. The van der Waals surface area contributed by atoms with E-state index in [9.17, 15) is 4.79 Å². The largest absolute Gasteiger partial charge is 0.396 e. The molecule has 1 heterocycles. The summed E-state index contributed by atoms with van der Waals surface area (Å²) >= 11 is 0. The summed E-state index contributed by atoms with van der Waals surface area (Å²) in [6.07, 6.45) is 2.56. The lowest BCUT2D eigenvalue weighted by Crippen LogP contribution is -2.45. The van der Waals surface area contributed by atoms with Crippen LogP contribution in [0.2, 0.25) is 0 Å². The molecular formula is C17H26N2O2. The predicted molar refractivity (Wildman–Crippen MR) is 84.3 cm³/mol. The van der Waals surface area contributed by atoms with Crippen molar-refractivity contribution in [2.24, 2.45) is 0 Å². The van der Waals surface area contributed by atoms with Crippen LogP contribution in [0.1, 0.15) is 44.6 Å². The van der Waals surface area contributed by atoms with Gasteiger partial charge >= 0.3 is 6.03 Å². The molecule has 0 bridgehead atoms. The minimum atomic E-state index is 0.0198. The molecule has 1 aromatic rings. The Morgan fingerprint density at radius 2 is 2.14 bits per heavy atom. The number of aliphatic hydroxyl groups is 1. The first-order valence-electron chi connectivity index (χ1n) is 7.86. The van der Waals surface area contributed by atoms with Gasteiger partial charge in [-0.3, -0.25) is 0 Å². The Balaban J connectivity index is 1.92. The smallest absolute Gasteiger partial charge is 0.317 e. The van der Waals surface area contributed by atoms with Gasteiger partial charge in [-0.2, -0.15) is 0 Å². The van der Waals surface area contributed by atoms with Crippen LogP contribution in [0.3, 0.4) is 0 Å². The predicted octanol–water partition coefficient (Wildman–Crippen LogP) is 2.74. The Hall–Kier alpha value is -1.55. The van der Waals surface area contributed by atoms with Crippen LogP contribution in [0.4, 0.5) is 4.79 Å². The minimum absolute atomic E-state index is 0.0198. The molecule has 3 atom stereocenters. The molecule has 1 aliphatic heterocycles. The fourth-order valence-corrected chi connectivity index (χ4v) is 3.14. The summed E-state index contributed by atoms with van der Waals surface area (Å²) in [6, 6.07) is 10.8. The number of hydrogen-bond acceptors (Lipinski definition) is 2. The van der Waals surface area contributed by atoms with E-state index in [0.717, 1.165) is 25.8 Å². The lowest BCUT2D eigenvalue weighted by Gasteiger charge is -2.27. The zero-order chi connectivity index (χ0) is 15.2. The quantitative estimate of drug-likeness (QED) is 0.876. The van der Waals surface area contributed by atoms with E-state index in [0.29, 0.717) is 5.92 Å². The van der Waals surface area contributed by atoms with Crippen LogP contribution in [0, 0.1) is 0 Å². The fourth-order valence-electron chi connectivity index (χ4n) is 3.14. The SMILES string of the molecule is CC(CCCO)NC(=O)N1CCC(c2ccccc2)C1C. The van der Waals surface area contributed by atoms with Crippen molar-refractivity contribution in [3.63, 3.8) is 0 Å². The van der Waals surface area contributed by atoms with Crippen molar-refractivity contribution in [2.75, 3.05) is 13.2 Å². The molecule has 0 aliphatic carbocycles. The Morgan fingerprint density at radius 1 is 1.43 bits per heavy atom. The van der Waals surface area contributed by atoms with E-state index in [1.165, 1.54) is 5.56 Å². The number of urea groups is 1. The van der Waals surface area contributed by atoms with Crippen molar-refractivity contribution in [2.45, 2.75) is 51.1 Å². The van der Waals surface area contributed by atoms with Gasteiger partial charge < -0.3 is 15.3 Å². The van der Waals surface area contributed by atoms with Crippen LogP contribution in [-0.2, 0) is 0 Å². The van der Waals surface area contributed by atoms with E-state index in [4.69, 9.17) is 5.11 Å². The number of benzene rings is 1. The number of likely N-dealkylation sites (tertiary alicyclic amines) is 1. The highest BCUT2D eigenvalue weighted by molar-refractivity contribution is 5.75. The van der Waals surface area contributed by atoms with Gasteiger partial charge in [-0.15, -0.1) is 0 Å². The molecule has 4 nitrogen and oxygen atoms in total. The van der Waals surface area contributed by atoms with Crippen LogP contribution >= 0.6 is 0 Å². The molecule has 1 aromatic carbocycles. The minimum Gasteiger partial charge on any atom is -0.396 e. The van der Waals surface area contributed by atoms with Gasteiger partial charge in [0.25, 0.3) is 0 Å². The summed E-state index contributed by atoms with van der Waals surface area (Å²) < 4.78 is 0. The van der Waals surface area contributed by atoms with E-state index < -0.39 is 0 Å². The molecule has 2 amide bonds. The lowest BCUT2D eigenvalue weighted by molar-refractivity contribution is 0.189. The zero-order valence-electron chi connectivity index (χ0n) is 13.0. The maximum atomic E-state index is 12.4. The topological polar surface area (TPSA) is 52.6 Å². The highest BCUT2D eigenvalue weighted by atomic mass is 16.3. The first-order valence-corrected chi connectivity index (χ1v) is 7.86. The Morgan fingerprint density at radius 3 is 2.81 bits per heavy atom. The highest BCUT2D eigenvalue weighted by Crippen LogP contribution is 2.33. The third-order valence-electron chi connectivity index (χ3n) is 4.41. The molecule has 2 N–H and O–H groups in total. The Bertz CT molecular complexity index is 449. The van der Waals surface area contributed by atoms with Crippen molar-refractivity contribution in [3.8, 4) is 0 Å². The first kappa shape index (κ1) is 15.8. The molecule has 4 heteroatoms. The van der Waals surface area contributed by atoms with Crippen molar-refractivity contribution >= 4 is 6.03 Å². The van der Waals surface area contributed by atoms with Gasteiger partial charge in [0.1, 0.15) is 0 Å². The summed E-state index contributed by atoms with van der Waals surface area (Å²) in [7, 11) is 0. The molecule has 3 unspecified atom stereocenters. The molecule has 0 radical (unpaired) electrons. The fraction of sp³-hybridized carbons (Fsp3) is 0.588. The lowest BCUT2D eigenvalue weighted by atomic mass is 9.93. The maximum Gasteiger partial charge on any atom is 0.317 e. The average Bonchev–Trinajstić information content (AvgIpc) is 2.87. The van der Waals surface area contributed by atoms with Gasteiger partial charge in [-0.05, 0) is 38.7 Å². The normalized spacial score (nSPS) is 23.1. The van der Waals surface area contributed by atoms with Gasteiger partial charge in [0, 0.05) is 31.2 Å². The number of aliphatic hydroxyl groups excluding tert-OH is 1. The summed E-state index contributed by atoms with van der Waals surface area (Å²) in [4.78, 5) is 14.3.